The van der Waals surface area contributed by atoms with Gasteiger partial charge in [0.05, 0.1) is 12.5 Å². The molecule has 90 valence electrons. The fourth-order valence-corrected chi connectivity index (χ4v) is 1.27. The fraction of sp³-hybridized carbons (Fsp3) is 0.917. The molecule has 3 heteroatoms. The normalized spacial score (nSPS) is 15.1. The van der Waals surface area contributed by atoms with Gasteiger partial charge in [0.2, 0.25) is 0 Å². The summed E-state index contributed by atoms with van der Waals surface area (Å²) in [5.41, 5.74) is 0. The first kappa shape index (κ1) is 14.4. The van der Waals surface area contributed by atoms with Crippen LogP contribution in [-0.4, -0.2) is 25.8 Å². The maximum absolute atomic E-state index is 11.6. The van der Waals surface area contributed by atoms with Gasteiger partial charge >= 0.3 is 5.97 Å². The van der Waals surface area contributed by atoms with Gasteiger partial charge < -0.3 is 9.47 Å². The van der Waals surface area contributed by atoms with Gasteiger partial charge in [0.1, 0.15) is 6.61 Å². The van der Waals surface area contributed by atoms with Gasteiger partial charge in [0.15, 0.2) is 0 Å². The molecule has 0 aromatic carbocycles. The van der Waals surface area contributed by atoms with E-state index in [0.29, 0.717) is 31.7 Å². The highest BCUT2D eigenvalue weighted by atomic mass is 16.6. The number of hydrogen-bond donors (Lipinski definition) is 0. The van der Waals surface area contributed by atoms with Crippen molar-refractivity contribution in [2.24, 2.45) is 17.8 Å². The maximum Gasteiger partial charge on any atom is 0.309 e. The molecule has 0 spiro atoms. The Kier molecular flexibility index (Phi) is 7.39. The van der Waals surface area contributed by atoms with Crippen LogP contribution in [0.4, 0.5) is 0 Å². The lowest BCUT2D eigenvalue weighted by atomic mass is 9.86. The Labute approximate surface area is 93.1 Å². The summed E-state index contributed by atoms with van der Waals surface area (Å²) in [4.78, 5) is 11.6. The molecule has 0 rings (SSSR count). The smallest absolute Gasteiger partial charge is 0.309 e. The molecule has 15 heavy (non-hydrogen) atoms. The molecule has 0 aliphatic rings. The van der Waals surface area contributed by atoms with Crippen molar-refractivity contribution in [2.75, 3.05) is 19.8 Å². The SMILES string of the molecule is CCOCCOC(=O)C(C)C(C)C(C)C. The van der Waals surface area contributed by atoms with Crippen LogP contribution in [0.1, 0.15) is 34.6 Å². The summed E-state index contributed by atoms with van der Waals surface area (Å²) in [5, 5.41) is 0. The van der Waals surface area contributed by atoms with Crippen LogP contribution in [0, 0.1) is 17.8 Å². The molecule has 0 aliphatic heterocycles. The van der Waals surface area contributed by atoms with Crippen molar-refractivity contribution in [3.05, 3.63) is 0 Å². The van der Waals surface area contributed by atoms with E-state index in [4.69, 9.17) is 9.47 Å². The molecule has 0 aromatic heterocycles. The molecule has 0 aromatic rings. The third-order valence-electron chi connectivity index (χ3n) is 2.89. The zero-order valence-electron chi connectivity index (χ0n) is 10.6. The second-order valence-corrected chi connectivity index (χ2v) is 4.26. The van der Waals surface area contributed by atoms with Gasteiger partial charge in [0.25, 0.3) is 0 Å². The molecule has 0 N–H and O–H groups in total. The van der Waals surface area contributed by atoms with Crippen molar-refractivity contribution in [1.82, 2.24) is 0 Å². The molecule has 0 fully saturated rings. The first-order chi connectivity index (χ1) is 7.00. The van der Waals surface area contributed by atoms with Gasteiger partial charge in [-0.05, 0) is 18.8 Å². The van der Waals surface area contributed by atoms with Gasteiger partial charge in [-0.25, -0.2) is 0 Å². The molecule has 0 heterocycles. The molecule has 3 nitrogen and oxygen atoms in total. The molecule has 0 saturated heterocycles. The van der Waals surface area contributed by atoms with E-state index < -0.39 is 0 Å². The molecule has 0 radical (unpaired) electrons. The number of hydrogen-bond acceptors (Lipinski definition) is 3. The zero-order chi connectivity index (χ0) is 11.8. The summed E-state index contributed by atoms with van der Waals surface area (Å²) in [5.74, 6) is 0.701. The first-order valence-corrected chi connectivity index (χ1v) is 5.75. The van der Waals surface area contributed by atoms with Crippen molar-refractivity contribution >= 4 is 5.97 Å². The van der Waals surface area contributed by atoms with E-state index in [1.54, 1.807) is 0 Å². The Morgan fingerprint density at radius 3 is 2.20 bits per heavy atom. The van der Waals surface area contributed by atoms with Gasteiger partial charge in [-0.3, -0.25) is 4.79 Å². The largest absolute Gasteiger partial charge is 0.463 e. The van der Waals surface area contributed by atoms with Crippen molar-refractivity contribution in [2.45, 2.75) is 34.6 Å². The Morgan fingerprint density at radius 2 is 1.73 bits per heavy atom. The van der Waals surface area contributed by atoms with Crippen molar-refractivity contribution in [3.63, 3.8) is 0 Å². The quantitative estimate of drug-likeness (QED) is 0.484. The molecule has 0 amide bonds. The minimum atomic E-state index is -0.115. The van der Waals surface area contributed by atoms with E-state index in [9.17, 15) is 4.79 Å². The molecule has 2 atom stereocenters. The maximum atomic E-state index is 11.6. The van der Waals surface area contributed by atoms with Crippen LogP contribution in [0.5, 0.6) is 0 Å². The molecule has 0 saturated carbocycles. The standard InChI is InChI=1S/C12H24O3/c1-6-14-7-8-15-12(13)11(5)10(4)9(2)3/h9-11H,6-8H2,1-5H3. The Morgan fingerprint density at radius 1 is 1.13 bits per heavy atom. The number of carbonyl (C=O) groups excluding carboxylic acids is 1. The van der Waals surface area contributed by atoms with E-state index >= 15 is 0 Å². The van der Waals surface area contributed by atoms with Gasteiger partial charge in [0, 0.05) is 6.61 Å². The second kappa shape index (κ2) is 7.69. The van der Waals surface area contributed by atoms with Gasteiger partial charge in [-0.2, -0.15) is 0 Å². The van der Waals surface area contributed by atoms with E-state index in [0.717, 1.165) is 0 Å². The molecule has 0 bridgehead atoms. The van der Waals surface area contributed by atoms with Crippen molar-refractivity contribution in [3.8, 4) is 0 Å². The lowest BCUT2D eigenvalue weighted by Gasteiger charge is -2.21. The second-order valence-electron chi connectivity index (χ2n) is 4.26. The summed E-state index contributed by atoms with van der Waals surface area (Å²) >= 11 is 0. The summed E-state index contributed by atoms with van der Waals surface area (Å²) in [6.45, 7) is 11.7. The highest BCUT2D eigenvalue weighted by Crippen LogP contribution is 2.20. The number of ether oxygens (including phenoxy) is 2. The topological polar surface area (TPSA) is 35.5 Å². The highest BCUT2D eigenvalue weighted by Gasteiger charge is 2.23. The van der Waals surface area contributed by atoms with Crippen LogP contribution < -0.4 is 0 Å². The number of rotatable bonds is 7. The van der Waals surface area contributed by atoms with E-state index in [1.165, 1.54) is 0 Å². The number of esters is 1. The van der Waals surface area contributed by atoms with Crippen LogP contribution in [0.25, 0.3) is 0 Å². The lowest BCUT2D eigenvalue weighted by Crippen LogP contribution is -2.25. The Balaban J connectivity index is 3.79. The van der Waals surface area contributed by atoms with Crippen molar-refractivity contribution < 1.29 is 14.3 Å². The molecular weight excluding hydrogens is 192 g/mol. The lowest BCUT2D eigenvalue weighted by molar-refractivity contribution is -0.151. The van der Waals surface area contributed by atoms with Gasteiger partial charge in [-0.15, -0.1) is 0 Å². The first-order valence-electron chi connectivity index (χ1n) is 5.75. The monoisotopic (exact) mass is 216 g/mol. The van der Waals surface area contributed by atoms with Crippen LogP contribution in [-0.2, 0) is 14.3 Å². The summed E-state index contributed by atoms with van der Waals surface area (Å²) in [7, 11) is 0. The van der Waals surface area contributed by atoms with Crippen LogP contribution >= 0.6 is 0 Å². The zero-order valence-corrected chi connectivity index (χ0v) is 10.6. The minimum Gasteiger partial charge on any atom is -0.463 e. The van der Waals surface area contributed by atoms with E-state index in [1.807, 2.05) is 13.8 Å². The van der Waals surface area contributed by atoms with Crippen LogP contribution in [0.2, 0.25) is 0 Å². The van der Waals surface area contributed by atoms with Gasteiger partial charge in [-0.1, -0.05) is 27.7 Å². The van der Waals surface area contributed by atoms with E-state index in [2.05, 4.69) is 20.8 Å². The minimum absolute atomic E-state index is 0.0355. The highest BCUT2D eigenvalue weighted by molar-refractivity contribution is 5.72. The predicted molar refractivity (Wildman–Crippen MR) is 60.6 cm³/mol. The molecular formula is C12H24O3. The Bertz CT molecular complexity index is 178. The molecule has 2 unspecified atom stereocenters. The van der Waals surface area contributed by atoms with Crippen LogP contribution in [0.15, 0.2) is 0 Å². The summed E-state index contributed by atoms with van der Waals surface area (Å²) in [6.07, 6.45) is 0. The average molecular weight is 216 g/mol. The predicted octanol–water partition coefficient (Wildman–Crippen LogP) is 2.49. The third-order valence-corrected chi connectivity index (χ3v) is 2.89. The summed E-state index contributed by atoms with van der Waals surface area (Å²) < 4.78 is 10.2. The third kappa shape index (κ3) is 5.78. The summed E-state index contributed by atoms with van der Waals surface area (Å²) in [6, 6.07) is 0. The van der Waals surface area contributed by atoms with Crippen LogP contribution in [0.3, 0.4) is 0 Å². The average Bonchev–Trinajstić information content (AvgIpc) is 2.21. The van der Waals surface area contributed by atoms with E-state index in [-0.39, 0.29) is 11.9 Å². The fourth-order valence-electron chi connectivity index (χ4n) is 1.27. The Hall–Kier alpha value is -0.570. The van der Waals surface area contributed by atoms with Crippen molar-refractivity contribution in [1.29, 1.82) is 0 Å². The molecule has 0 aliphatic carbocycles. The number of carbonyl (C=O) groups is 1.